The van der Waals surface area contributed by atoms with Crippen LogP contribution in [0.3, 0.4) is 0 Å². The van der Waals surface area contributed by atoms with Gasteiger partial charge in [-0.2, -0.15) is 0 Å². The molecule has 2 N–H and O–H groups in total. The number of hydrogen-bond donors (Lipinski definition) is 1. The zero-order valence-corrected chi connectivity index (χ0v) is 9.46. The highest BCUT2D eigenvalue weighted by Gasteiger charge is 2.20. The van der Waals surface area contributed by atoms with Crippen LogP contribution in [-0.2, 0) is 4.79 Å². The van der Waals surface area contributed by atoms with Crippen molar-refractivity contribution in [2.45, 2.75) is 58.4 Å². The lowest BCUT2D eigenvalue weighted by molar-refractivity contribution is -0.118. The number of ketones is 1. The van der Waals surface area contributed by atoms with Crippen LogP contribution in [0.2, 0.25) is 0 Å². The molecule has 0 spiro atoms. The highest BCUT2D eigenvalue weighted by molar-refractivity contribution is 5.81. The number of Topliss-reactive ketones (excluding diaryl/α,β-unsaturated/α-hetero) is 1. The average Bonchev–Trinajstić information content (AvgIpc) is 2.56. The van der Waals surface area contributed by atoms with Crippen molar-refractivity contribution >= 4 is 5.78 Å². The summed E-state index contributed by atoms with van der Waals surface area (Å²) in [6, 6.07) is -0.230. The molecule has 0 aromatic carbocycles. The van der Waals surface area contributed by atoms with Crippen molar-refractivity contribution in [3.8, 4) is 0 Å². The predicted octanol–water partition coefficient (Wildman–Crippen LogP) is 2.51. The largest absolute Gasteiger partial charge is 0.322 e. The Kier molecular flexibility index (Phi) is 4.59. The van der Waals surface area contributed by atoms with Crippen LogP contribution < -0.4 is 5.73 Å². The summed E-state index contributed by atoms with van der Waals surface area (Å²) in [5, 5.41) is 0. The van der Waals surface area contributed by atoms with Crippen molar-refractivity contribution in [1.82, 2.24) is 0 Å². The van der Waals surface area contributed by atoms with Gasteiger partial charge in [0.2, 0.25) is 0 Å². The highest BCUT2D eigenvalue weighted by Crippen LogP contribution is 2.31. The molecule has 1 aliphatic carbocycles. The van der Waals surface area contributed by atoms with Gasteiger partial charge < -0.3 is 5.73 Å². The van der Waals surface area contributed by atoms with E-state index in [-0.39, 0.29) is 11.8 Å². The molecule has 2 heteroatoms. The Morgan fingerprint density at radius 3 is 2.50 bits per heavy atom. The molecule has 1 aliphatic rings. The summed E-state index contributed by atoms with van der Waals surface area (Å²) < 4.78 is 0. The summed E-state index contributed by atoms with van der Waals surface area (Å²) in [5.74, 6) is 1.64. The van der Waals surface area contributed by atoms with Crippen molar-refractivity contribution < 1.29 is 4.79 Å². The third kappa shape index (κ3) is 3.79. The first-order valence-electron chi connectivity index (χ1n) is 5.85. The van der Waals surface area contributed by atoms with Crippen LogP contribution in [0, 0.1) is 11.8 Å². The van der Waals surface area contributed by atoms with Gasteiger partial charge in [-0.25, -0.2) is 0 Å². The van der Waals surface area contributed by atoms with Crippen LogP contribution in [0.4, 0.5) is 0 Å². The third-order valence-corrected chi connectivity index (χ3v) is 3.39. The van der Waals surface area contributed by atoms with E-state index in [9.17, 15) is 4.79 Å². The maximum absolute atomic E-state index is 11.0. The van der Waals surface area contributed by atoms with E-state index in [1.807, 2.05) is 0 Å². The predicted molar refractivity (Wildman–Crippen MR) is 59.0 cm³/mol. The molecule has 0 aromatic heterocycles. The fourth-order valence-electron chi connectivity index (χ4n) is 2.51. The summed E-state index contributed by atoms with van der Waals surface area (Å²) >= 11 is 0. The summed E-state index contributed by atoms with van der Waals surface area (Å²) in [6.45, 7) is 3.81. The van der Waals surface area contributed by atoms with Crippen LogP contribution >= 0.6 is 0 Å². The molecule has 0 aliphatic heterocycles. The van der Waals surface area contributed by atoms with E-state index in [1.54, 1.807) is 6.92 Å². The molecule has 0 amide bonds. The molecule has 0 heterocycles. The first-order chi connectivity index (χ1) is 6.59. The maximum atomic E-state index is 11.0. The molecule has 2 unspecified atom stereocenters. The number of rotatable bonds is 5. The van der Waals surface area contributed by atoms with Gasteiger partial charge in [0.05, 0.1) is 6.04 Å². The molecule has 0 aromatic rings. The fraction of sp³-hybridized carbons (Fsp3) is 0.917. The van der Waals surface area contributed by atoms with Gasteiger partial charge in [0.1, 0.15) is 5.78 Å². The van der Waals surface area contributed by atoms with E-state index < -0.39 is 0 Å². The first kappa shape index (κ1) is 11.7. The summed E-state index contributed by atoms with van der Waals surface area (Å²) in [7, 11) is 0. The Hall–Kier alpha value is -0.370. The van der Waals surface area contributed by atoms with E-state index in [1.165, 1.54) is 32.1 Å². The van der Waals surface area contributed by atoms with E-state index in [2.05, 4.69) is 6.92 Å². The van der Waals surface area contributed by atoms with E-state index in [0.717, 1.165) is 12.3 Å². The minimum absolute atomic E-state index is 0.128. The second-order valence-corrected chi connectivity index (χ2v) is 4.94. The van der Waals surface area contributed by atoms with Gasteiger partial charge >= 0.3 is 0 Å². The Labute approximate surface area is 87.2 Å². The quantitative estimate of drug-likeness (QED) is 0.736. The molecular formula is C12H23NO. The van der Waals surface area contributed by atoms with Gasteiger partial charge in [0, 0.05) is 0 Å². The van der Waals surface area contributed by atoms with Crippen LogP contribution in [0.1, 0.15) is 52.4 Å². The molecule has 14 heavy (non-hydrogen) atoms. The lowest BCUT2D eigenvalue weighted by Gasteiger charge is -2.18. The van der Waals surface area contributed by atoms with Crippen molar-refractivity contribution in [3.05, 3.63) is 0 Å². The fourth-order valence-corrected chi connectivity index (χ4v) is 2.51. The smallest absolute Gasteiger partial charge is 0.146 e. The molecule has 2 nitrogen and oxygen atoms in total. The normalized spacial score (nSPS) is 22.2. The molecule has 2 atom stereocenters. The summed E-state index contributed by atoms with van der Waals surface area (Å²) in [6.07, 6.45) is 7.71. The molecule has 0 saturated heterocycles. The molecule has 1 fully saturated rings. The lowest BCUT2D eigenvalue weighted by atomic mass is 9.89. The standard InChI is InChI=1S/C12H23NO/c1-9(8-12(13)10(2)14)7-11-5-3-4-6-11/h9,11-12H,3-8,13H2,1-2H3. The number of nitrogens with two attached hydrogens (primary N) is 1. The van der Waals surface area contributed by atoms with Crippen molar-refractivity contribution in [2.24, 2.45) is 17.6 Å². The van der Waals surface area contributed by atoms with Crippen LogP contribution in [0.15, 0.2) is 0 Å². The lowest BCUT2D eigenvalue weighted by Crippen LogP contribution is -2.30. The Bertz CT molecular complexity index is 185. The highest BCUT2D eigenvalue weighted by atomic mass is 16.1. The minimum atomic E-state index is -0.230. The molecule has 0 radical (unpaired) electrons. The van der Waals surface area contributed by atoms with Crippen LogP contribution in [0.5, 0.6) is 0 Å². The molecule has 82 valence electrons. The van der Waals surface area contributed by atoms with Gasteiger partial charge in [-0.1, -0.05) is 32.6 Å². The Morgan fingerprint density at radius 1 is 1.43 bits per heavy atom. The minimum Gasteiger partial charge on any atom is -0.322 e. The van der Waals surface area contributed by atoms with Gasteiger partial charge in [0.25, 0.3) is 0 Å². The number of hydrogen-bond acceptors (Lipinski definition) is 2. The van der Waals surface area contributed by atoms with Crippen LogP contribution in [0.25, 0.3) is 0 Å². The SMILES string of the molecule is CC(=O)C(N)CC(C)CC1CCCC1. The van der Waals surface area contributed by atoms with Crippen LogP contribution in [-0.4, -0.2) is 11.8 Å². The van der Waals surface area contributed by atoms with Crippen molar-refractivity contribution in [3.63, 3.8) is 0 Å². The van der Waals surface area contributed by atoms with E-state index in [0.29, 0.717) is 5.92 Å². The van der Waals surface area contributed by atoms with Gasteiger partial charge in [-0.3, -0.25) is 4.79 Å². The molecule has 1 saturated carbocycles. The monoisotopic (exact) mass is 197 g/mol. The molecule has 0 bridgehead atoms. The van der Waals surface area contributed by atoms with Crippen molar-refractivity contribution in [2.75, 3.05) is 0 Å². The molecular weight excluding hydrogens is 174 g/mol. The van der Waals surface area contributed by atoms with Gasteiger partial charge in [0.15, 0.2) is 0 Å². The Balaban J connectivity index is 2.20. The number of carbonyl (C=O) groups is 1. The first-order valence-corrected chi connectivity index (χ1v) is 5.85. The van der Waals surface area contributed by atoms with E-state index >= 15 is 0 Å². The van der Waals surface area contributed by atoms with Gasteiger partial charge in [-0.15, -0.1) is 0 Å². The molecule has 1 rings (SSSR count). The zero-order valence-electron chi connectivity index (χ0n) is 9.46. The average molecular weight is 197 g/mol. The second kappa shape index (κ2) is 5.50. The summed E-state index contributed by atoms with van der Waals surface area (Å²) in [4.78, 5) is 11.0. The number of carbonyl (C=O) groups excluding carboxylic acids is 1. The summed E-state index contributed by atoms with van der Waals surface area (Å²) in [5.41, 5.74) is 5.74. The zero-order chi connectivity index (χ0) is 10.6. The second-order valence-electron chi connectivity index (χ2n) is 4.94. The Morgan fingerprint density at radius 2 is 2.00 bits per heavy atom. The van der Waals surface area contributed by atoms with Crippen molar-refractivity contribution in [1.29, 1.82) is 0 Å². The van der Waals surface area contributed by atoms with E-state index in [4.69, 9.17) is 5.73 Å². The van der Waals surface area contributed by atoms with Gasteiger partial charge in [-0.05, 0) is 31.6 Å². The topological polar surface area (TPSA) is 43.1 Å². The third-order valence-electron chi connectivity index (χ3n) is 3.39. The maximum Gasteiger partial charge on any atom is 0.146 e.